The fourth-order valence-electron chi connectivity index (χ4n) is 3.98. The monoisotopic (exact) mass is 463 g/mol. The standard InChI is InChI=1S/C28H25N5O2/c1-18-8-9-24(31-16-18)21-12-22(26-15-27(35-33-26)25-7-3-4-11-30-25)14-23(13-21)28(34)32-19(2)20-6-5-10-29-17-20/h3-14,16-17,19,27H,15H2,1-2H3,(H,32,34). The van der Waals surface area contributed by atoms with E-state index in [9.17, 15) is 4.79 Å². The van der Waals surface area contributed by atoms with Gasteiger partial charge < -0.3 is 10.2 Å². The molecule has 1 aromatic carbocycles. The first kappa shape index (κ1) is 22.4. The van der Waals surface area contributed by atoms with Gasteiger partial charge >= 0.3 is 0 Å². The maximum absolute atomic E-state index is 13.3. The number of amides is 1. The smallest absolute Gasteiger partial charge is 0.251 e. The zero-order valence-corrected chi connectivity index (χ0v) is 19.6. The number of aromatic nitrogens is 3. The minimum Gasteiger partial charge on any atom is -0.385 e. The van der Waals surface area contributed by atoms with Crippen molar-refractivity contribution in [3.8, 4) is 11.3 Å². The van der Waals surface area contributed by atoms with Crippen LogP contribution < -0.4 is 5.32 Å². The van der Waals surface area contributed by atoms with Crippen LogP contribution in [0.15, 0.2) is 90.6 Å². The third-order valence-electron chi connectivity index (χ3n) is 5.95. The van der Waals surface area contributed by atoms with E-state index in [0.717, 1.165) is 39.4 Å². The molecule has 2 unspecified atom stereocenters. The molecule has 0 radical (unpaired) electrons. The van der Waals surface area contributed by atoms with Crippen LogP contribution in [0.3, 0.4) is 0 Å². The number of nitrogens with one attached hydrogen (secondary N) is 1. The quantitative estimate of drug-likeness (QED) is 0.424. The fourth-order valence-corrected chi connectivity index (χ4v) is 3.98. The maximum Gasteiger partial charge on any atom is 0.251 e. The van der Waals surface area contributed by atoms with Crippen LogP contribution in [0.5, 0.6) is 0 Å². The van der Waals surface area contributed by atoms with Crippen molar-refractivity contribution in [1.82, 2.24) is 20.3 Å². The molecule has 0 spiro atoms. The second-order valence-corrected chi connectivity index (χ2v) is 8.59. The minimum absolute atomic E-state index is 0.183. The van der Waals surface area contributed by atoms with E-state index in [4.69, 9.17) is 4.84 Å². The summed E-state index contributed by atoms with van der Waals surface area (Å²) in [6.07, 6.45) is 7.34. The van der Waals surface area contributed by atoms with E-state index in [1.165, 1.54) is 0 Å². The predicted molar refractivity (Wildman–Crippen MR) is 134 cm³/mol. The molecule has 0 bridgehead atoms. The summed E-state index contributed by atoms with van der Waals surface area (Å²) in [4.78, 5) is 32.1. The highest BCUT2D eigenvalue weighted by Crippen LogP contribution is 2.30. The largest absolute Gasteiger partial charge is 0.385 e. The summed E-state index contributed by atoms with van der Waals surface area (Å²) >= 11 is 0. The van der Waals surface area contributed by atoms with Gasteiger partial charge in [0.1, 0.15) is 0 Å². The summed E-state index contributed by atoms with van der Waals surface area (Å²) in [5.41, 5.74) is 6.57. The van der Waals surface area contributed by atoms with Crippen LogP contribution in [-0.4, -0.2) is 26.6 Å². The summed E-state index contributed by atoms with van der Waals surface area (Å²) < 4.78 is 0. The number of benzene rings is 1. The van der Waals surface area contributed by atoms with Crippen molar-refractivity contribution in [2.75, 3.05) is 0 Å². The van der Waals surface area contributed by atoms with Crippen molar-refractivity contribution in [3.63, 3.8) is 0 Å². The molecule has 1 N–H and O–H groups in total. The molecule has 3 aromatic heterocycles. The van der Waals surface area contributed by atoms with Crippen molar-refractivity contribution in [2.45, 2.75) is 32.4 Å². The van der Waals surface area contributed by atoms with Crippen LogP contribution in [0.1, 0.15) is 58.2 Å². The molecular formula is C28H25N5O2. The van der Waals surface area contributed by atoms with Crippen molar-refractivity contribution in [2.24, 2.45) is 5.16 Å². The first-order valence-corrected chi connectivity index (χ1v) is 11.5. The third-order valence-corrected chi connectivity index (χ3v) is 5.95. The molecule has 7 heteroatoms. The Morgan fingerprint density at radius 1 is 1.00 bits per heavy atom. The molecule has 4 heterocycles. The lowest BCUT2D eigenvalue weighted by atomic mass is 9.96. The Hall–Kier alpha value is -4.39. The first-order valence-electron chi connectivity index (χ1n) is 11.5. The highest BCUT2D eigenvalue weighted by Gasteiger charge is 2.26. The molecule has 35 heavy (non-hydrogen) atoms. The molecule has 7 nitrogen and oxygen atoms in total. The number of hydrogen-bond donors (Lipinski definition) is 1. The van der Waals surface area contributed by atoms with E-state index < -0.39 is 0 Å². The van der Waals surface area contributed by atoms with Gasteiger partial charge in [0, 0.05) is 47.9 Å². The second-order valence-electron chi connectivity index (χ2n) is 8.59. The maximum atomic E-state index is 13.3. The highest BCUT2D eigenvalue weighted by atomic mass is 16.6. The number of hydrogen-bond acceptors (Lipinski definition) is 6. The number of oxime groups is 1. The Bertz CT molecular complexity index is 1360. The summed E-state index contributed by atoms with van der Waals surface area (Å²) in [5.74, 6) is -0.183. The van der Waals surface area contributed by atoms with Gasteiger partial charge in [-0.1, -0.05) is 23.4 Å². The molecule has 0 saturated heterocycles. The SMILES string of the molecule is Cc1ccc(-c2cc(C(=O)NC(C)c3cccnc3)cc(C3=NOC(c4ccccn4)C3)c2)nc1. The van der Waals surface area contributed by atoms with Crippen LogP contribution in [-0.2, 0) is 4.84 Å². The van der Waals surface area contributed by atoms with Gasteiger partial charge in [0.25, 0.3) is 5.91 Å². The van der Waals surface area contributed by atoms with Crippen molar-refractivity contribution in [3.05, 3.63) is 113 Å². The molecule has 0 aliphatic carbocycles. The van der Waals surface area contributed by atoms with Crippen LogP contribution in [0.25, 0.3) is 11.3 Å². The Morgan fingerprint density at radius 2 is 1.89 bits per heavy atom. The number of rotatable bonds is 6. The average molecular weight is 464 g/mol. The van der Waals surface area contributed by atoms with Gasteiger partial charge in [-0.15, -0.1) is 0 Å². The summed E-state index contributed by atoms with van der Waals surface area (Å²) in [6, 6.07) is 19.0. The fraction of sp³-hybridized carbons (Fsp3) is 0.179. The molecule has 2 atom stereocenters. The molecule has 0 fully saturated rings. The number of nitrogens with zero attached hydrogens (tertiary/aromatic N) is 4. The number of carbonyl (C=O) groups excluding carboxylic acids is 1. The van der Waals surface area contributed by atoms with E-state index in [2.05, 4.69) is 25.4 Å². The van der Waals surface area contributed by atoms with Gasteiger partial charge in [-0.3, -0.25) is 19.7 Å². The van der Waals surface area contributed by atoms with Crippen LogP contribution in [0, 0.1) is 6.92 Å². The molecular weight excluding hydrogens is 438 g/mol. The Balaban J connectivity index is 1.46. The number of pyridine rings is 3. The Morgan fingerprint density at radius 3 is 2.63 bits per heavy atom. The lowest BCUT2D eigenvalue weighted by Gasteiger charge is -2.15. The summed E-state index contributed by atoms with van der Waals surface area (Å²) in [5, 5.41) is 7.41. The van der Waals surface area contributed by atoms with Gasteiger partial charge in [0.2, 0.25) is 0 Å². The Kier molecular flexibility index (Phi) is 6.30. The first-order chi connectivity index (χ1) is 17.1. The second kappa shape index (κ2) is 9.85. The van der Waals surface area contributed by atoms with Gasteiger partial charge in [-0.2, -0.15) is 0 Å². The van der Waals surface area contributed by atoms with Gasteiger partial charge in [-0.25, -0.2) is 0 Å². The third kappa shape index (κ3) is 5.09. The molecule has 4 aromatic rings. The van der Waals surface area contributed by atoms with E-state index >= 15 is 0 Å². The van der Waals surface area contributed by atoms with Crippen molar-refractivity contribution in [1.29, 1.82) is 0 Å². The molecule has 1 amide bonds. The van der Waals surface area contributed by atoms with E-state index in [1.807, 2.05) is 80.7 Å². The molecule has 5 rings (SSSR count). The number of carbonyl (C=O) groups is 1. The van der Waals surface area contributed by atoms with Crippen LogP contribution in [0.4, 0.5) is 0 Å². The molecule has 174 valence electrons. The lowest BCUT2D eigenvalue weighted by molar-refractivity contribution is 0.0826. The molecule has 0 saturated carbocycles. The topological polar surface area (TPSA) is 89.4 Å². The van der Waals surface area contributed by atoms with Crippen LogP contribution in [0.2, 0.25) is 0 Å². The molecule has 1 aliphatic rings. The van der Waals surface area contributed by atoms with E-state index in [1.54, 1.807) is 18.6 Å². The average Bonchev–Trinajstić information content (AvgIpc) is 3.40. The number of aryl methyl sites for hydroxylation is 1. The van der Waals surface area contributed by atoms with Crippen molar-refractivity contribution < 1.29 is 9.63 Å². The predicted octanol–water partition coefficient (Wildman–Crippen LogP) is 5.20. The van der Waals surface area contributed by atoms with E-state index in [-0.39, 0.29) is 18.1 Å². The highest BCUT2D eigenvalue weighted by molar-refractivity contribution is 6.05. The van der Waals surface area contributed by atoms with E-state index in [0.29, 0.717) is 12.0 Å². The zero-order valence-electron chi connectivity index (χ0n) is 19.6. The van der Waals surface area contributed by atoms with Crippen molar-refractivity contribution >= 4 is 11.6 Å². The van der Waals surface area contributed by atoms with Crippen LogP contribution >= 0.6 is 0 Å². The summed E-state index contributed by atoms with van der Waals surface area (Å²) in [6.45, 7) is 3.93. The van der Waals surface area contributed by atoms with Gasteiger partial charge in [0.05, 0.1) is 23.1 Å². The molecule has 1 aliphatic heterocycles. The summed E-state index contributed by atoms with van der Waals surface area (Å²) in [7, 11) is 0. The minimum atomic E-state index is -0.254. The lowest BCUT2D eigenvalue weighted by Crippen LogP contribution is -2.27. The van der Waals surface area contributed by atoms with Gasteiger partial charge in [0.15, 0.2) is 6.10 Å². The normalized spacial score (nSPS) is 15.7. The zero-order chi connectivity index (χ0) is 24.2. The Labute approximate surface area is 203 Å². The van der Waals surface area contributed by atoms with Gasteiger partial charge in [-0.05, 0) is 67.4 Å².